The summed E-state index contributed by atoms with van der Waals surface area (Å²) in [7, 11) is 1.56. The summed E-state index contributed by atoms with van der Waals surface area (Å²) >= 11 is 5.95. The van der Waals surface area contributed by atoms with Gasteiger partial charge in [-0.15, -0.1) is 0 Å². The Balaban J connectivity index is 1.90. The van der Waals surface area contributed by atoms with Crippen LogP contribution in [0.25, 0.3) is 0 Å². The van der Waals surface area contributed by atoms with Crippen molar-refractivity contribution < 1.29 is 14.3 Å². The highest BCUT2D eigenvalue weighted by Gasteiger charge is 2.11. The third kappa shape index (κ3) is 4.40. The van der Waals surface area contributed by atoms with Gasteiger partial charge in [-0.2, -0.15) is 0 Å². The lowest BCUT2D eigenvalue weighted by atomic mass is 10.1. The van der Waals surface area contributed by atoms with Crippen LogP contribution in [-0.2, 0) is 4.79 Å². The monoisotopic (exact) mass is 319 g/mol. The summed E-state index contributed by atoms with van der Waals surface area (Å²) in [4.78, 5) is 12.0. The number of rotatable bonds is 6. The molecule has 0 heterocycles. The maximum Gasteiger partial charge on any atom is 0.258 e. The molecule has 0 spiro atoms. The van der Waals surface area contributed by atoms with Crippen molar-refractivity contribution in [3.63, 3.8) is 0 Å². The molecule has 0 saturated heterocycles. The van der Waals surface area contributed by atoms with Crippen molar-refractivity contribution in [1.82, 2.24) is 5.32 Å². The minimum Gasteiger partial charge on any atom is -0.493 e. The maximum atomic E-state index is 12.0. The van der Waals surface area contributed by atoms with Crippen LogP contribution in [0.2, 0.25) is 5.02 Å². The van der Waals surface area contributed by atoms with E-state index in [9.17, 15) is 4.79 Å². The van der Waals surface area contributed by atoms with Gasteiger partial charge in [0.25, 0.3) is 5.91 Å². The first-order valence-electron chi connectivity index (χ1n) is 6.91. The zero-order valence-corrected chi connectivity index (χ0v) is 13.3. The second-order valence-electron chi connectivity index (χ2n) is 4.78. The first-order chi connectivity index (χ1) is 10.6. The molecule has 0 bridgehead atoms. The van der Waals surface area contributed by atoms with Gasteiger partial charge in [0.2, 0.25) is 0 Å². The summed E-state index contributed by atoms with van der Waals surface area (Å²) in [6.07, 6.45) is 0. The fraction of sp³-hybridized carbons (Fsp3) is 0.235. The van der Waals surface area contributed by atoms with Gasteiger partial charge in [0.1, 0.15) is 0 Å². The number of halogens is 1. The Bertz CT molecular complexity index is 645. The lowest BCUT2D eigenvalue weighted by molar-refractivity contribution is -0.123. The Morgan fingerprint density at radius 1 is 1.18 bits per heavy atom. The molecule has 0 aliphatic carbocycles. The molecule has 22 heavy (non-hydrogen) atoms. The van der Waals surface area contributed by atoms with E-state index in [-0.39, 0.29) is 18.6 Å². The van der Waals surface area contributed by atoms with E-state index < -0.39 is 0 Å². The van der Waals surface area contributed by atoms with E-state index >= 15 is 0 Å². The number of para-hydroxylation sites is 2. The van der Waals surface area contributed by atoms with Crippen LogP contribution in [0.3, 0.4) is 0 Å². The van der Waals surface area contributed by atoms with Crippen molar-refractivity contribution in [3.05, 3.63) is 59.1 Å². The van der Waals surface area contributed by atoms with Gasteiger partial charge < -0.3 is 14.8 Å². The molecule has 2 aromatic rings. The Morgan fingerprint density at radius 2 is 1.91 bits per heavy atom. The van der Waals surface area contributed by atoms with Gasteiger partial charge in [-0.1, -0.05) is 35.9 Å². The molecular formula is C17H18ClNO3. The Labute approximate surface area is 135 Å². The lowest BCUT2D eigenvalue weighted by Gasteiger charge is -2.15. The molecule has 0 aliphatic heterocycles. The maximum absolute atomic E-state index is 12.0. The molecule has 0 fully saturated rings. The highest BCUT2D eigenvalue weighted by molar-refractivity contribution is 6.30. The third-order valence-corrected chi connectivity index (χ3v) is 3.39. The number of carbonyl (C=O) groups excluding carboxylic acids is 1. The molecule has 0 aromatic heterocycles. The number of nitrogens with one attached hydrogen (secondary N) is 1. The van der Waals surface area contributed by atoms with Gasteiger partial charge in [-0.05, 0) is 36.8 Å². The van der Waals surface area contributed by atoms with Crippen molar-refractivity contribution in [1.29, 1.82) is 0 Å². The second-order valence-corrected chi connectivity index (χ2v) is 5.22. The number of methoxy groups -OCH3 is 1. The van der Waals surface area contributed by atoms with Gasteiger partial charge in [-0.25, -0.2) is 0 Å². The third-order valence-electron chi connectivity index (χ3n) is 3.15. The SMILES string of the molecule is COc1ccccc1OCC(=O)NC(C)c1cccc(Cl)c1. The highest BCUT2D eigenvalue weighted by atomic mass is 35.5. The molecule has 1 unspecified atom stereocenters. The molecule has 1 amide bonds. The molecule has 0 radical (unpaired) electrons. The van der Waals surface area contributed by atoms with Gasteiger partial charge in [-0.3, -0.25) is 4.79 Å². The average molecular weight is 320 g/mol. The average Bonchev–Trinajstić information content (AvgIpc) is 2.53. The van der Waals surface area contributed by atoms with Crippen LogP contribution in [0.15, 0.2) is 48.5 Å². The Morgan fingerprint density at radius 3 is 2.59 bits per heavy atom. The summed E-state index contributed by atoms with van der Waals surface area (Å²) < 4.78 is 10.7. The Kier molecular flexibility index (Phi) is 5.67. The normalized spacial score (nSPS) is 11.6. The minimum atomic E-state index is -0.210. The zero-order chi connectivity index (χ0) is 15.9. The number of hydrogen-bond donors (Lipinski definition) is 1. The van der Waals surface area contributed by atoms with Crippen LogP contribution in [0.1, 0.15) is 18.5 Å². The number of hydrogen-bond acceptors (Lipinski definition) is 3. The Hall–Kier alpha value is -2.20. The number of carbonyl (C=O) groups is 1. The van der Waals surface area contributed by atoms with E-state index in [4.69, 9.17) is 21.1 Å². The van der Waals surface area contributed by atoms with Crippen LogP contribution in [0, 0.1) is 0 Å². The molecule has 2 aromatic carbocycles. The van der Waals surface area contributed by atoms with E-state index in [1.807, 2.05) is 37.3 Å². The lowest BCUT2D eigenvalue weighted by Crippen LogP contribution is -2.31. The largest absolute Gasteiger partial charge is 0.493 e. The quantitative estimate of drug-likeness (QED) is 0.885. The van der Waals surface area contributed by atoms with Crippen LogP contribution < -0.4 is 14.8 Å². The summed E-state index contributed by atoms with van der Waals surface area (Å²) in [6.45, 7) is 1.82. The molecule has 1 atom stereocenters. The van der Waals surface area contributed by atoms with Crippen molar-refractivity contribution in [3.8, 4) is 11.5 Å². The number of benzene rings is 2. The van der Waals surface area contributed by atoms with Gasteiger partial charge in [0, 0.05) is 5.02 Å². The van der Waals surface area contributed by atoms with Crippen LogP contribution in [0.4, 0.5) is 0 Å². The zero-order valence-electron chi connectivity index (χ0n) is 12.5. The summed E-state index contributed by atoms with van der Waals surface area (Å²) in [5.41, 5.74) is 0.943. The van der Waals surface area contributed by atoms with Crippen molar-refractivity contribution in [2.45, 2.75) is 13.0 Å². The van der Waals surface area contributed by atoms with Gasteiger partial charge >= 0.3 is 0 Å². The predicted molar refractivity (Wildman–Crippen MR) is 86.5 cm³/mol. The van der Waals surface area contributed by atoms with E-state index in [1.54, 1.807) is 25.3 Å². The molecule has 116 valence electrons. The fourth-order valence-corrected chi connectivity index (χ4v) is 2.22. The van der Waals surface area contributed by atoms with Crippen molar-refractivity contribution in [2.24, 2.45) is 0 Å². The smallest absolute Gasteiger partial charge is 0.258 e. The summed E-state index contributed by atoms with van der Waals surface area (Å²) in [5, 5.41) is 3.51. The highest BCUT2D eigenvalue weighted by Crippen LogP contribution is 2.25. The van der Waals surface area contributed by atoms with Crippen molar-refractivity contribution >= 4 is 17.5 Å². The standard InChI is InChI=1S/C17H18ClNO3/c1-12(13-6-5-7-14(18)10-13)19-17(20)11-22-16-9-4-3-8-15(16)21-2/h3-10,12H,11H2,1-2H3,(H,19,20). The van der Waals surface area contributed by atoms with Crippen LogP contribution in [-0.4, -0.2) is 19.6 Å². The van der Waals surface area contributed by atoms with Crippen LogP contribution >= 0.6 is 11.6 Å². The summed E-state index contributed by atoms with van der Waals surface area (Å²) in [5.74, 6) is 0.923. The summed E-state index contributed by atoms with van der Waals surface area (Å²) in [6, 6.07) is 14.4. The molecular weight excluding hydrogens is 302 g/mol. The molecule has 1 N–H and O–H groups in total. The number of amides is 1. The van der Waals surface area contributed by atoms with E-state index in [1.165, 1.54) is 0 Å². The fourth-order valence-electron chi connectivity index (χ4n) is 2.02. The first kappa shape index (κ1) is 16.2. The second kappa shape index (κ2) is 7.71. The van der Waals surface area contributed by atoms with Gasteiger partial charge in [0.05, 0.1) is 13.2 Å². The van der Waals surface area contributed by atoms with E-state index in [2.05, 4.69) is 5.32 Å². The first-order valence-corrected chi connectivity index (χ1v) is 7.28. The molecule has 4 nitrogen and oxygen atoms in total. The van der Waals surface area contributed by atoms with E-state index in [0.717, 1.165) is 5.56 Å². The minimum absolute atomic E-state index is 0.0781. The number of ether oxygens (including phenoxy) is 2. The van der Waals surface area contributed by atoms with E-state index in [0.29, 0.717) is 16.5 Å². The van der Waals surface area contributed by atoms with Crippen molar-refractivity contribution in [2.75, 3.05) is 13.7 Å². The predicted octanol–water partition coefficient (Wildman–Crippen LogP) is 3.60. The molecule has 0 saturated carbocycles. The van der Waals surface area contributed by atoms with Crippen LogP contribution in [0.5, 0.6) is 11.5 Å². The topological polar surface area (TPSA) is 47.6 Å². The molecule has 5 heteroatoms. The molecule has 2 rings (SSSR count). The molecule has 0 aliphatic rings. The van der Waals surface area contributed by atoms with Gasteiger partial charge in [0.15, 0.2) is 18.1 Å².